The van der Waals surface area contributed by atoms with Gasteiger partial charge in [0.1, 0.15) is 11.3 Å². The third-order valence-electron chi connectivity index (χ3n) is 4.44. The number of aromatic nitrogens is 2. The molecule has 0 bridgehead atoms. The molecule has 6 nitrogen and oxygen atoms in total. The number of imidazole rings is 1. The number of hydrogen-bond acceptors (Lipinski definition) is 4. The van der Waals surface area contributed by atoms with Crippen LogP contribution in [-0.4, -0.2) is 55.2 Å². The highest BCUT2D eigenvalue weighted by Crippen LogP contribution is 2.24. The average Bonchev–Trinajstić information content (AvgIpc) is 2.76. The quantitative estimate of drug-likeness (QED) is 0.821. The summed E-state index contributed by atoms with van der Waals surface area (Å²) in [6, 6.07) is 3.86. The summed E-state index contributed by atoms with van der Waals surface area (Å²) in [6.45, 7) is 5.94. The Bertz CT molecular complexity index is 736. The van der Waals surface area contributed by atoms with Gasteiger partial charge < -0.3 is 15.1 Å². The highest BCUT2D eigenvalue weighted by Gasteiger charge is 2.38. The van der Waals surface area contributed by atoms with E-state index in [0.29, 0.717) is 24.4 Å². The Morgan fingerprint density at radius 2 is 2.18 bits per heavy atom. The van der Waals surface area contributed by atoms with E-state index in [0.717, 1.165) is 11.2 Å². The number of pyridine rings is 1. The normalized spacial score (nSPS) is 25.7. The molecular weight excluding hydrogens is 282 g/mol. The second-order valence-corrected chi connectivity index (χ2v) is 6.35. The second kappa shape index (κ2) is 5.07. The molecule has 6 heteroatoms. The second-order valence-electron chi connectivity index (χ2n) is 6.35. The topological polar surface area (TPSA) is 78.1 Å². The molecule has 3 rings (SSSR count). The minimum absolute atomic E-state index is 0.129. The molecule has 0 spiro atoms. The molecule has 1 amide bonds. The van der Waals surface area contributed by atoms with Crippen LogP contribution in [0.4, 0.5) is 0 Å². The van der Waals surface area contributed by atoms with Gasteiger partial charge in [0.15, 0.2) is 0 Å². The van der Waals surface area contributed by atoms with Crippen molar-refractivity contribution in [2.75, 3.05) is 13.1 Å². The lowest BCUT2D eigenvalue weighted by atomic mass is 9.90. The van der Waals surface area contributed by atoms with Crippen LogP contribution in [0.2, 0.25) is 0 Å². The highest BCUT2D eigenvalue weighted by molar-refractivity contribution is 5.94. The zero-order chi connectivity index (χ0) is 16.1. The van der Waals surface area contributed by atoms with Gasteiger partial charge in [-0.1, -0.05) is 0 Å². The Hall–Kier alpha value is -1.92. The van der Waals surface area contributed by atoms with Crippen molar-refractivity contribution in [2.24, 2.45) is 0 Å². The standard InChI is InChI=1S/C16H21N3O3/c1-10-4-6-19-13(8-10)17-11(2)14(19)15(21)18-7-5-16(3,22)12(20)9-18/h4,6,8,12,20,22H,5,7,9H2,1-3H3/t12-,16+/m0/s1. The first-order chi connectivity index (χ1) is 10.3. The molecule has 118 valence electrons. The Morgan fingerprint density at radius 1 is 1.45 bits per heavy atom. The molecule has 3 heterocycles. The molecule has 0 aromatic carbocycles. The molecule has 1 fully saturated rings. The number of hydrogen-bond donors (Lipinski definition) is 2. The van der Waals surface area contributed by atoms with Gasteiger partial charge in [-0.05, 0) is 44.9 Å². The smallest absolute Gasteiger partial charge is 0.272 e. The molecule has 2 atom stereocenters. The highest BCUT2D eigenvalue weighted by atomic mass is 16.3. The predicted molar refractivity (Wildman–Crippen MR) is 81.8 cm³/mol. The van der Waals surface area contributed by atoms with Crippen LogP contribution in [0.3, 0.4) is 0 Å². The fourth-order valence-corrected chi connectivity index (χ4v) is 2.88. The maximum atomic E-state index is 12.8. The fourth-order valence-electron chi connectivity index (χ4n) is 2.88. The number of aliphatic hydroxyl groups excluding tert-OH is 1. The monoisotopic (exact) mass is 303 g/mol. The van der Waals surface area contributed by atoms with Crippen molar-refractivity contribution in [1.82, 2.24) is 14.3 Å². The maximum Gasteiger partial charge on any atom is 0.272 e. The summed E-state index contributed by atoms with van der Waals surface area (Å²) in [6.07, 6.45) is 1.26. The summed E-state index contributed by atoms with van der Waals surface area (Å²) in [5.41, 5.74) is 1.88. The van der Waals surface area contributed by atoms with Crippen molar-refractivity contribution in [2.45, 2.75) is 38.9 Å². The number of carbonyl (C=O) groups excluding carboxylic acids is 1. The van der Waals surface area contributed by atoms with Crippen LogP contribution in [-0.2, 0) is 0 Å². The third kappa shape index (κ3) is 2.38. The van der Waals surface area contributed by atoms with E-state index in [2.05, 4.69) is 4.98 Å². The van der Waals surface area contributed by atoms with E-state index in [1.54, 1.807) is 16.2 Å². The molecule has 2 aromatic heterocycles. The van der Waals surface area contributed by atoms with Gasteiger partial charge in [0.25, 0.3) is 5.91 Å². The summed E-state index contributed by atoms with van der Waals surface area (Å²) in [4.78, 5) is 18.8. The van der Waals surface area contributed by atoms with Crippen LogP contribution in [0.25, 0.3) is 5.65 Å². The van der Waals surface area contributed by atoms with Gasteiger partial charge in [-0.2, -0.15) is 0 Å². The van der Waals surface area contributed by atoms with Crippen molar-refractivity contribution >= 4 is 11.6 Å². The van der Waals surface area contributed by atoms with Gasteiger partial charge in [-0.3, -0.25) is 9.20 Å². The van der Waals surface area contributed by atoms with Crippen LogP contribution >= 0.6 is 0 Å². The lowest BCUT2D eigenvalue weighted by molar-refractivity contribution is -0.1000. The number of carbonyl (C=O) groups is 1. The Labute approximate surface area is 129 Å². The lowest BCUT2D eigenvalue weighted by Crippen LogP contribution is -2.55. The van der Waals surface area contributed by atoms with E-state index >= 15 is 0 Å². The molecule has 1 saturated heterocycles. The molecule has 2 N–H and O–H groups in total. The molecule has 1 aliphatic rings. The number of β-amino-alcohol motifs (C(OH)–C–C–N with tert-alkyl or cyclic N) is 1. The molecule has 1 aliphatic heterocycles. The third-order valence-corrected chi connectivity index (χ3v) is 4.44. The van der Waals surface area contributed by atoms with Crippen molar-refractivity contribution in [1.29, 1.82) is 0 Å². The zero-order valence-electron chi connectivity index (χ0n) is 13.1. The predicted octanol–water partition coefficient (Wildman–Crippen LogP) is 0.909. The van der Waals surface area contributed by atoms with Gasteiger partial charge in [0, 0.05) is 19.3 Å². The molecule has 22 heavy (non-hydrogen) atoms. The lowest BCUT2D eigenvalue weighted by Gasteiger charge is -2.39. The minimum Gasteiger partial charge on any atom is -0.388 e. The first-order valence-electron chi connectivity index (χ1n) is 7.44. The number of nitrogens with zero attached hydrogens (tertiary/aromatic N) is 3. The van der Waals surface area contributed by atoms with Gasteiger partial charge >= 0.3 is 0 Å². The summed E-state index contributed by atoms with van der Waals surface area (Å²) in [7, 11) is 0. The number of aryl methyl sites for hydroxylation is 2. The number of piperidine rings is 1. The van der Waals surface area contributed by atoms with Crippen LogP contribution < -0.4 is 0 Å². The number of aliphatic hydroxyl groups is 2. The largest absolute Gasteiger partial charge is 0.388 e. The first kappa shape index (κ1) is 15.0. The molecule has 0 aliphatic carbocycles. The van der Waals surface area contributed by atoms with Gasteiger partial charge in [-0.15, -0.1) is 0 Å². The Balaban J connectivity index is 1.95. The van der Waals surface area contributed by atoms with Crippen LogP contribution in [0.15, 0.2) is 18.3 Å². The Morgan fingerprint density at radius 3 is 2.86 bits per heavy atom. The van der Waals surface area contributed by atoms with Crippen LogP contribution in [0.1, 0.15) is 35.1 Å². The average molecular weight is 303 g/mol. The van der Waals surface area contributed by atoms with Crippen LogP contribution in [0, 0.1) is 13.8 Å². The molecule has 0 radical (unpaired) electrons. The zero-order valence-corrected chi connectivity index (χ0v) is 13.1. The maximum absolute atomic E-state index is 12.8. The van der Waals surface area contributed by atoms with E-state index in [4.69, 9.17) is 0 Å². The number of fused-ring (bicyclic) bond motifs is 1. The van der Waals surface area contributed by atoms with Gasteiger partial charge in [-0.25, -0.2) is 4.98 Å². The molecular formula is C16H21N3O3. The van der Waals surface area contributed by atoms with Gasteiger partial charge in [0.05, 0.1) is 17.4 Å². The molecule has 2 aromatic rings. The Kier molecular flexibility index (Phi) is 3.45. The summed E-state index contributed by atoms with van der Waals surface area (Å²) < 4.78 is 1.78. The van der Waals surface area contributed by atoms with E-state index in [1.165, 1.54) is 0 Å². The molecule has 0 saturated carbocycles. The van der Waals surface area contributed by atoms with Crippen molar-refractivity contribution < 1.29 is 15.0 Å². The fraction of sp³-hybridized carbons (Fsp3) is 0.500. The SMILES string of the molecule is Cc1ccn2c(C(=O)N3CC[C@@](C)(O)[C@@H](O)C3)c(C)nc2c1. The van der Waals surface area contributed by atoms with Crippen molar-refractivity contribution in [3.8, 4) is 0 Å². The summed E-state index contributed by atoms with van der Waals surface area (Å²) in [5.74, 6) is -0.164. The summed E-state index contributed by atoms with van der Waals surface area (Å²) >= 11 is 0. The van der Waals surface area contributed by atoms with Crippen molar-refractivity contribution in [3.05, 3.63) is 35.3 Å². The van der Waals surface area contributed by atoms with Crippen molar-refractivity contribution in [3.63, 3.8) is 0 Å². The molecule has 0 unspecified atom stereocenters. The van der Waals surface area contributed by atoms with E-state index in [9.17, 15) is 15.0 Å². The number of likely N-dealkylation sites (tertiary alicyclic amines) is 1. The number of rotatable bonds is 1. The first-order valence-corrected chi connectivity index (χ1v) is 7.44. The van der Waals surface area contributed by atoms with E-state index in [-0.39, 0.29) is 12.5 Å². The minimum atomic E-state index is -1.14. The van der Waals surface area contributed by atoms with E-state index in [1.807, 2.05) is 32.2 Å². The van der Waals surface area contributed by atoms with Gasteiger partial charge in [0.2, 0.25) is 0 Å². The summed E-state index contributed by atoms with van der Waals surface area (Å²) in [5, 5.41) is 20.0. The number of amides is 1. The van der Waals surface area contributed by atoms with E-state index < -0.39 is 11.7 Å². The van der Waals surface area contributed by atoms with Crippen LogP contribution in [0.5, 0.6) is 0 Å².